The molecule has 10 heavy (non-hydrogen) atoms. The monoisotopic (exact) mass is 169 g/mol. The highest BCUT2D eigenvalue weighted by Crippen LogP contribution is 2.36. The van der Waals surface area contributed by atoms with Crippen molar-refractivity contribution in [3.8, 4) is 0 Å². The molecule has 0 fully saturated rings. The van der Waals surface area contributed by atoms with Gasteiger partial charge in [-0.15, -0.1) is 0 Å². The molecular weight excluding hydrogens is 156 g/mol. The molecule has 0 aliphatic carbocycles. The van der Waals surface area contributed by atoms with E-state index in [1.54, 1.807) is 0 Å². The molecule has 0 amide bonds. The second-order valence-electron chi connectivity index (χ2n) is 2.61. The van der Waals surface area contributed by atoms with E-state index in [1.807, 2.05) is 0 Å². The van der Waals surface area contributed by atoms with Crippen molar-refractivity contribution in [1.82, 2.24) is 0 Å². The molecule has 0 aromatic rings. The average Bonchev–Trinajstić information content (AvgIpc) is 1.60. The summed E-state index contributed by atoms with van der Waals surface area (Å²) >= 11 is 0. The zero-order chi connectivity index (χ0) is 8.36. The Morgan fingerprint density at radius 3 is 2.30 bits per heavy atom. The maximum Gasteiger partial charge on any atom is 0.200 e. The van der Waals surface area contributed by atoms with E-state index < -0.39 is 19.6 Å². The molecule has 0 saturated heterocycles. The van der Waals surface area contributed by atoms with Crippen LogP contribution >= 0.6 is 7.37 Å². The number of alkyl halides is 1. The summed E-state index contributed by atoms with van der Waals surface area (Å²) in [7, 11) is -3.23. The van der Waals surface area contributed by atoms with Gasteiger partial charge in [0.05, 0.1) is 6.16 Å². The molecule has 0 aromatic heterocycles. The summed E-state index contributed by atoms with van der Waals surface area (Å²) < 4.78 is 23.2. The minimum absolute atomic E-state index is 0.343. The fraction of sp³-hybridized carbons (Fsp3) is 1.00. The fourth-order valence-electron chi connectivity index (χ4n) is 0.490. The van der Waals surface area contributed by atoms with Crippen molar-refractivity contribution in [3.05, 3.63) is 0 Å². The van der Waals surface area contributed by atoms with Crippen molar-refractivity contribution in [2.75, 3.05) is 12.8 Å². The lowest BCUT2D eigenvalue weighted by Gasteiger charge is -2.12. The second kappa shape index (κ2) is 3.46. The Hall–Kier alpha value is 0.0800. The third kappa shape index (κ3) is 4.91. The van der Waals surface area contributed by atoms with Gasteiger partial charge in [0.2, 0.25) is 7.37 Å². The molecular formula is C5H13FNO2P. The van der Waals surface area contributed by atoms with Crippen LogP contribution in [-0.4, -0.2) is 29.9 Å². The predicted molar refractivity (Wildman–Crippen MR) is 39.2 cm³/mol. The highest BCUT2D eigenvalue weighted by Gasteiger charge is 2.21. The Kier molecular flexibility index (Phi) is 3.49. The van der Waals surface area contributed by atoms with E-state index in [4.69, 9.17) is 10.6 Å². The number of hydrogen-bond acceptors (Lipinski definition) is 2. The molecule has 3 atom stereocenters. The summed E-state index contributed by atoms with van der Waals surface area (Å²) in [5.74, 6) is 0. The molecule has 0 aliphatic heterocycles. The summed E-state index contributed by atoms with van der Waals surface area (Å²) in [5.41, 5.74) is 5.14. The van der Waals surface area contributed by atoms with Crippen LogP contribution < -0.4 is 5.73 Å². The predicted octanol–water partition coefficient (Wildman–Crippen LogP) is 0.572. The zero-order valence-corrected chi connectivity index (χ0v) is 7.01. The number of rotatable bonds is 3. The molecule has 0 bridgehead atoms. The van der Waals surface area contributed by atoms with Gasteiger partial charge in [0.15, 0.2) is 0 Å². The maximum atomic E-state index is 12.6. The van der Waals surface area contributed by atoms with Crippen LogP contribution in [-0.2, 0) is 4.57 Å². The zero-order valence-electron chi connectivity index (χ0n) is 6.12. The topological polar surface area (TPSA) is 63.3 Å². The molecule has 0 heterocycles. The summed E-state index contributed by atoms with van der Waals surface area (Å²) in [6.45, 7) is 2.60. The summed E-state index contributed by atoms with van der Waals surface area (Å²) in [5, 5.41) is 0. The highest BCUT2D eigenvalue weighted by atomic mass is 31.2. The molecule has 0 radical (unpaired) electrons. The first-order valence-corrected chi connectivity index (χ1v) is 5.31. The van der Waals surface area contributed by atoms with Gasteiger partial charge >= 0.3 is 0 Å². The van der Waals surface area contributed by atoms with Gasteiger partial charge in [-0.2, -0.15) is 0 Å². The average molecular weight is 169 g/mol. The molecule has 0 aromatic carbocycles. The molecule has 0 aliphatic rings. The molecule has 0 rings (SSSR count). The van der Waals surface area contributed by atoms with E-state index in [9.17, 15) is 8.96 Å². The Morgan fingerprint density at radius 2 is 2.20 bits per heavy atom. The number of hydrogen-bond donors (Lipinski definition) is 2. The standard InChI is InChI=1S/C5H13FNO2P/c1-4(7)5(6)3-10(2,8)9/h4-5H,3,7H2,1-2H3,(H,8,9). The van der Waals surface area contributed by atoms with Crippen molar-refractivity contribution in [2.24, 2.45) is 5.73 Å². The van der Waals surface area contributed by atoms with Crippen molar-refractivity contribution in [3.63, 3.8) is 0 Å². The van der Waals surface area contributed by atoms with E-state index >= 15 is 0 Å². The Balaban J connectivity index is 3.80. The second-order valence-corrected chi connectivity index (χ2v) is 5.08. The van der Waals surface area contributed by atoms with Crippen molar-refractivity contribution >= 4 is 7.37 Å². The molecule has 3 unspecified atom stereocenters. The van der Waals surface area contributed by atoms with Crippen LogP contribution in [0.15, 0.2) is 0 Å². The van der Waals surface area contributed by atoms with Gasteiger partial charge in [-0.05, 0) is 6.92 Å². The van der Waals surface area contributed by atoms with Gasteiger partial charge in [0.1, 0.15) is 6.17 Å². The molecule has 3 nitrogen and oxygen atoms in total. The van der Waals surface area contributed by atoms with E-state index in [1.165, 1.54) is 6.92 Å². The molecule has 3 N–H and O–H groups in total. The van der Waals surface area contributed by atoms with Gasteiger partial charge in [-0.3, -0.25) is 4.57 Å². The van der Waals surface area contributed by atoms with Gasteiger partial charge in [-0.1, -0.05) is 0 Å². The van der Waals surface area contributed by atoms with E-state index in [2.05, 4.69) is 0 Å². The van der Waals surface area contributed by atoms with Gasteiger partial charge in [0, 0.05) is 12.7 Å². The SMILES string of the molecule is CC(N)C(F)CP(C)(=O)O. The van der Waals surface area contributed by atoms with Gasteiger partial charge in [0.25, 0.3) is 0 Å². The minimum Gasteiger partial charge on any atom is -0.344 e. The summed E-state index contributed by atoms with van der Waals surface area (Å²) in [4.78, 5) is 8.70. The van der Waals surface area contributed by atoms with Crippen LogP contribution in [0.2, 0.25) is 0 Å². The fourth-order valence-corrected chi connectivity index (χ4v) is 1.47. The maximum absolute atomic E-state index is 12.6. The molecule has 62 valence electrons. The molecule has 0 spiro atoms. The van der Waals surface area contributed by atoms with Crippen LogP contribution in [0.4, 0.5) is 4.39 Å². The first-order chi connectivity index (χ1) is 4.33. The van der Waals surface area contributed by atoms with Crippen LogP contribution in [0.5, 0.6) is 0 Å². The first-order valence-electron chi connectivity index (χ1n) is 3.02. The van der Waals surface area contributed by atoms with Crippen molar-refractivity contribution in [2.45, 2.75) is 19.1 Å². The summed E-state index contributed by atoms with van der Waals surface area (Å²) in [6.07, 6.45) is -1.72. The largest absolute Gasteiger partial charge is 0.344 e. The third-order valence-corrected chi connectivity index (χ3v) is 2.11. The van der Waals surface area contributed by atoms with Crippen molar-refractivity contribution < 1.29 is 13.8 Å². The van der Waals surface area contributed by atoms with Gasteiger partial charge < -0.3 is 10.6 Å². The number of nitrogens with two attached hydrogens (primary N) is 1. The Labute approximate surface area is 59.9 Å². The van der Waals surface area contributed by atoms with Crippen LogP contribution in [0.3, 0.4) is 0 Å². The summed E-state index contributed by atoms with van der Waals surface area (Å²) in [6, 6.07) is -0.666. The van der Waals surface area contributed by atoms with Crippen LogP contribution in [0, 0.1) is 0 Å². The normalized spacial score (nSPS) is 23.3. The van der Waals surface area contributed by atoms with Gasteiger partial charge in [-0.25, -0.2) is 4.39 Å². The lowest BCUT2D eigenvalue weighted by Crippen LogP contribution is -2.30. The quantitative estimate of drug-likeness (QED) is 0.607. The minimum atomic E-state index is -3.23. The van der Waals surface area contributed by atoms with Crippen LogP contribution in [0.1, 0.15) is 6.92 Å². The number of halogens is 1. The molecule has 5 heteroatoms. The highest BCUT2D eigenvalue weighted by molar-refractivity contribution is 7.57. The Morgan fingerprint density at radius 1 is 1.80 bits per heavy atom. The lowest BCUT2D eigenvalue weighted by molar-refractivity contribution is 0.312. The van der Waals surface area contributed by atoms with E-state index in [0.717, 1.165) is 6.66 Å². The lowest BCUT2D eigenvalue weighted by atomic mass is 10.2. The van der Waals surface area contributed by atoms with Crippen molar-refractivity contribution in [1.29, 1.82) is 0 Å². The van der Waals surface area contributed by atoms with Crippen LogP contribution in [0.25, 0.3) is 0 Å². The smallest absolute Gasteiger partial charge is 0.200 e. The first kappa shape index (κ1) is 10.1. The van der Waals surface area contributed by atoms with E-state index in [-0.39, 0.29) is 6.16 Å². The molecule has 0 saturated carbocycles. The third-order valence-electron chi connectivity index (χ3n) is 1.08. The Bertz CT molecular complexity index is 145. The van der Waals surface area contributed by atoms with E-state index in [0.29, 0.717) is 0 Å².